The van der Waals surface area contributed by atoms with Gasteiger partial charge >= 0.3 is 0 Å². The zero-order valence-corrected chi connectivity index (χ0v) is 13.2. The number of thiazole rings is 1. The van der Waals surface area contributed by atoms with Crippen LogP contribution < -0.4 is 16.0 Å². The van der Waals surface area contributed by atoms with Crippen molar-refractivity contribution in [2.24, 2.45) is 0 Å². The molecule has 0 saturated heterocycles. The van der Waals surface area contributed by atoms with Crippen molar-refractivity contribution in [1.82, 2.24) is 10.3 Å². The normalized spacial score (nSPS) is 10.2. The summed E-state index contributed by atoms with van der Waals surface area (Å²) in [6.45, 7) is 3.18. The van der Waals surface area contributed by atoms with Crippen LogP contribution in [-0.2, 0) is 9.59 Å². The molecule has 0 fully saturated rings. The maximum Gasteiger partial charge on any atom is 0.225 e. The van der Waals surface area contributed by atoms with Gasteiger partial charge in [-0.3, -0.25) is 9.59 Å². The molecule has 0 spiro atoms. The van der Waals surface area contributed by atoms with Gasteiger partial charge in [0.1, 0.15) is 0 Å². The van der Waals surface area contributed by atoms with Gasteiger partial charge in [-0.2, -0.15) is 0 Å². The van der Waals surface area contributed by atoms with Crippen molar-refractivity contribution in [2.45, 2.75) is 20.3 Å². The first kappa shape index (κ1) is 15.3. The number of carbonyl (C=O) groups is 2. The number of nitrogens with zero attached hydrogens (tertiary/aromatic N) is 1. The zero-order chi connectivity index (χ0) is 15.4. The lowest BCUT2D eigenvalue weighted by molar-refractivity contribution is -0.117. The van der Waals surface area contributed by atoms with Crippen LogP contribution in [0.4, 0.5) is 10.8 Å². The number of thiocarbonyl (C=S) groups is 1. The zero-order valence-electron chi connectivity index (χ0n) is 11.5. The molecule has 2 rings (SSSR count). The standard InChI is InChI=1S/C13H14N4O2S2/c1-3-11(19)17-13-16-9-5-4-8(6-10(9)21-13)15-12(20)14-7(2)18/h4-6H,3H2,1-2H3,(H,16,17,19)(H2,14,15,18,20). The number of nitrogens with one attached hydrogen (secondary N) is 3. The van der Waals surface area contributed by atoms with E-state index in [4.69, 9.17) is 12.2 Å². The number of fused-ring (bicyclic) bond motifs is 1. The number of amides is 2. The van der Waals surface area contributed by atoms with E-state index in [9.17, 15) is 9.59 Å². The van der Waals surface area contributed by atoms with Gasteiger partial charge < -0.3 is 16.0 Å². The lowest BCUT2D eigenvalue weighted by atomic mass is 10.3. The van der Waals surface area contributed by atoms with Crippen molar-refractivity contribution in [3.05, 3.63) is 18.2 Å². The van der Waals surface area contributed by atoms with Gasteiger partial charge in [0.2, 0.25) is 11.8 Å². The van der Waals surface area contributed by atoms with E-state index in [1.165, 1.54) is 18.3 Å². The molecule has 0 aliphatic carbocycles. The van der Waals surface area contributed by atoms with Gasteiger partial charge in [0.25, 0.3) is 0 Å². The Kier molecular flexibility index (Phi) is 4.81. The molecule has 21 heavy (non-hydrogen) atoms. The fraction of sp³-hybridized carbons (Fsp3) is 0.231. The average Bonchev–Trinajstić information content (AvgIpc) is 2.78. The summed E-state index contributed by atoms with van der Waals surface area (Å²) in [7, 11) is 0. The number of hydrogen-bond acceptors (Lipinski definition) is 5. The molecule has 110 valence electrons. The summed E-state index contributed by atoms with van der Waals surface area (Å²) in [6.07, 6.45) is 0.410. The van der Waals surface area contributed by atoms with Crippen LogP contribution in [0.3, 0.4) is 0 Å². The van der Waals surface area contributed by atoms with E-state index in [-0.39, 0.29) is 16.9 Å². The lowest BCUT2D eigenvalue weighted by Crippen LogP contribution is -2.32. The van der Waals surface area contributed by atoms with Crippen molar-refractivity contribution >= 4 is 61.5 Å². The summed E-state index contributed by atoms with van der Waals surface area (Å²) < 4.78 is 0.914. The summed E-state index contributed by atoms with van der Waals surface area (Å²) in [5.74, 6) is -0.296. The Labute approximate surface area is 130 Å². The number of carbonyl (C=O) groups excluding carboxylic acids is 2. The van der Waals surface area contributed by atoms with Crippen LogP contribution in [0.1, 0.15) is 20.3 Å². The van der Waals surface area contributed by atoms with Gasteiger partial charge in [-0.05, 0) is 30.4 Å². The predicted octanol–water partition coefficient (Wildman–Crippen LogP) is 2.48. The molecule has 8 heteroatoms. The molecule has 0 saturated carbocycles. The van der Waals surface area contributed by atoms with Crippen molar-refractivity contribution in [2.75, 3.05) is 10.6 Å². The summed E-state index contributed by atoms with van der Waals surface area (Å²) in [6, 6.07) is 5.50. The van der Waals surface area contributed by atoms with Gasteiger partial charge in [-0.25, -0.2) is 4.98 Å². The van der Waals surface area contributed by atoms with Gasteiger partial charge in [0, 0.05) is 19.0 Å². The molecule has 6 nitrogen and oxygen atoms in total. The number of aromatic nitrogens is 1. The summed E-state index contributed by atoms with van der Waals surface area (Å²) >= 11 is 6.38. The first-order valence-electron chi connectivity index (χ1n) is 6.27. The van der Waals surface area contributed by atoms with Gasteiger partial charge in [-0.15, -0.1) is 0 Å². The molecule has 0 unspecified atom stereocenters. The largest absolute Gasteiger partial charge is 0.332 e. The van der Waals surface area contributed by atoms with Crippen LogP contribution in [0.2, 0.25) is 0 Å². The SMILES string of the molecule is CCC(=O)Nc1nc2ccc(NC(=S)NC(C)=O)cc2s1. The second-order valence-electron chi connectivity index (χ2n) is 4.24. The van der Waals surface area contributed by atoms with Crippen LogP contribution in [-0.4, -0.2) is 21.9 Å². The second kappa shape index (κ2) is 6.59. The van der Waals surface area contributed by atoms with Crippen LogP contribution in [0.5, 0.6) is 0 Å². The Morgan fingerprint density at radius 1 is 1.33 bits per heavy atom. The minimum Gasteiger partial charge on any atom is -0.332 e. The molecule has 2 amide bonds. The molecule has 0 aliphatic heterocycles. The van der Waals surface area contributed by atoms with E-state index in [0.29, 0.717) is 11.6 Å². The molecule has 1 heterocycles. The molecule has 2 aromatic rings. The molecule has 0 atom stereocenters. The Morgan fingerprint density at radius 2 is 2.10 bits per heavy atom. The Morgan fingerprint density at radius 3 is 2.76 bits per heavy atom. The monoisotopic (exact) mass is 322 g/mol. The molecule has 1 aromatic carbocycles. The average molecular weight is 322 g/mol. The predicted molar refractivity (Wildman–Crippen MR) is 88.6 cm³/mol. The van der Waals surface area contributed by atoms with E-state index in [1.807, 2.05) is 18.2 Å². The molecular formula is C13H14N4O2S2. The highest BCUT2D eigenvalue weighted by molar-refractivity contribution is 7.80. The third-order valence-electron chi connectivity index (χ3n) is 2.50. The molecule has 0 radical (unpaired) electrons. The maximum absolute atomic E-state index is 11.4. The third kappa shape index (κ3) is 4.20. The van der Waals surface area contributed by atoms with Crippen LogP contribution in [0, 0.1) is 0 Å². The fourth-order valence-corrected chi connectivity index (χ4v) is 2.77. The Hall–Kier alpha value is -2.06. The number of anilines is 2. The van der Waals surface area contributed by atoms with E-state index in [1.54, 1.807) is 6.92 Å². The van der Waals surface area contributed by atoms with Gasteiger partial charge in [-0.1, -0.05) is 18.3 Å². The van der Waals surface area contributed by atoms with Gasteiger partial charge in [0.15, 0.2) is 10.2 Å². The summed E-state index contributed by atoms with van der Waals surface area (Å²) in [5, 5.41) is 8.95. The van der Waals surface area contributed by atoms with Crippen molar-refractivity contribution in [3.8, 4) is 0 Å². The van der Waals surface area contributed by atoms with E-state index >= 15 is 0 Å². The smallest absolute Gasteiger partial charge is 0.225 e. The van der Waals surface area contributed by atoms with Crippen LogP contribution in [0.25, 0.3) is 10.2 Å². The van der Waals surface area contributed by atoms with E-state index in [2.05, 4.69) is 20.9 Å². The Balaban J connectivity index is 2.15. The second-order valence-corrected chi connectivity index (χ2v) is 5.68. The third-order valence-corrected chi connectivity index (χ3v) is 3.64. The lowest BCUT2D eigenvalue weighted by Gasteiger charge is -2.07. The Bertz CT molecular complexity index is 711. The highest BCUT2D eigenvalue weighted by atomic mass is 32.1. The number of benzene rings is 1. The van der Waals surface area contributed by atoms with Crippen molar-refractivity contribution < 1.29 is 9.59 Å². The number of hydrogen-bond donors (Lipinski definition) is 3. The maximum atomic E-state index is 11.4. The molecule has 3 N–H and O–H groups in total. The summed E-state index contributed by atoms with van der Waals surface area (Å²) in [5.41, 5.74) is 1.54. The highest BCUT2D eigenvalue weighted by Crippen LogP contribution is 2.28. The quantitative estimate of drug-likeness (QED) is 0.756. The minimum atomic E-state index is -0.226. The first-order valence-corrected chi connectivity index (χ1v) is 7.49. The number of rotatable bonds is 3. The van der Waals surface area contributed by atoms with E-state index < -0.39 is 0 Å². The molecule has 0 bridgehead atoms. The highest BCUT2D eigenvalue weighted by Gasteiger charge is 2.08. The van der Waals surface area contributed by atoms with Gasteiger partial charge in [0.05, 0.1) is 10.2 Å². The summed E-state index contributed by atoms with van der Waals surface area (Å²) in [4.78, 5) is 26.6. The van der Waals surface area contributed by atoms with E-state index in [0.717, 1.165) is 15.9 Å². The first-order chi connectivity index (χ1) is 9.97. The topological polar surface area (TPSA) is 83.1 Å². The van der Waals surface area contributed by atoms with Crippen LogP contribution >= 0.6 is 23.6 Å². The van der Waals surface area contributed by atoms with Crippen molar-refractivity contribution in [3.63, 3.8) is 0 Å². The fourth-order valence-electron chi connectivity index (χ4n) is 1.59. The molecule has 1 aromatic heterocycles. The van der Waals surface area contributed by atoms with Crippen molar-refractivity contribution in [1.29, 1.82) is 0 Å². The minimum absolute atomic E-state index is 0.0701. The molecular weight excluding hydrogens is 308 g/mol. The van der Waals surface area contributed by atoms with Crippen LogP contribution in [0.15, 0.2) is 18.2 Å². The molecule has 0 aliphatic rings.